The van der Waals surface area contributed by atoms with Gasteiger partial charge in [0.1, 0.15) is 23.4 Å². The maximum absolute atomic E-state index is 13.2. The lowest BCUT2D eigenvalue weighted by atomic mass is 10.1. The highest BCUT2D eigenvalue weighted by atomic mass is 32.2. The predicted octanol–water partition coefficient (Wildman–Crippen LogP) is 3.85. The fourth-order valence-corrected chi connectivity index (χ4v) is 5.56. The van der Waals surface area contributed by atoms with Gasteiger partial charge in [-0.25, -0.2) is 27.6 Å². The van der Waals surface area contributed by atoms with Crippen LogP contribution in [0.2, 0.25) is 0 Å². The number of nitrogens with zero attached hydrogens (tertiary/aromatic N) is 4. The molecule has 0 radical (unpaired) electrons. The van der Waals surface area contributed by atoms with E-state index in [1.54, 1.807) is 92.6 Å². The number of hydrogen-bond donors (Lipinski definition) is 2. The number of anilines is 1. The average molecular weight is 671 g/mol. The molecule has 0 atom stereocenters. The van der Waals surface area contributed by atoms with Crippen LogP contribution < -0.4 is 21.2 Å². The Hall–Kier alpha value is -4.79. The van der Waals surface area contributed by atoms with Gasteiger partial charge in [0, 0.05) is 29.2 Å². The minimum Gasteiger partial charge on any atom is -0.443 e. The molecule has 2 N–H and O–H groups in total. The van der Waals surface area contributed by atoms with Crippen LogP contribution in [0.5, 0.6) is 0 Å². The molecule has 15 heteroatoms. The van der Waals surface area contributed by atoms with Crippen LogP contribution >= 0.6 is 0 Å². The van der Waals surface area contributed by atoms with Crippen molar-refractivity contribution in [1.82, 2.24) is 19.4 Å². The van der Waals surface area contributed by atoms with Gasteiger partial charge in [-0.05, 0) is 80.0 Å². The number of pyridine rings is 1. The zero-order valence-electron chi connectivity index (χ0n) is 28.1. The molecule has 0 saturated heterocycles. The summed E-state index contributed by atoms with van der Waals surface area (Å²) >= 11 is 0. The molecular formula is C32H42N6O8S. The summed E-state index contributed by atoms with van der Waals surface area (Å²) in [5, 5.41) is 2.72. The van der Waals surface area contributed by atoms with Crippen molar-refractivity contribution < 1.29 is 32.3 Å². The van der Waals surface area contributed by atoms with Crippen LogP contribution in [-0.4, -0.2) is 51.8 Å². The third-order valence-electron chi connectivity index (χ3n) is 6.46. The summed E-state index contributed by atoms with van der Waals surface area (Å²) in [6.45, 7) is 14.4. The summed E-state index contributed by atoms with van der Waals surface area (Å²) in [5.41, 5.74) is -0.768. The van der Waals surface area contributed by atoms with Gasteiger partial charge in [-0.1, -0.05) is 30.3 Å². The van der Waals surface area contributed by atoms with E-state index in [2.05, 4.69) is 20.0 Å². The predicted molar refractivity (Wildman–Crippen MR) is 175 cm³/mol. The first-order chi connectivity index (χ1) is 21.7. The quantitative estimate of drug-likeness (QED) is 0.360. The van der Waals surface area contributed by atoms with Crippen molar-refractivity contribution in [2.24, 2.45) is 4.99 Å². The fourth-order valence-electron chi connectivity index (χ4n) is 4.37. The third kappa shape index (κ3) is 10.6. The molecule has 14 nitrogen and oxygen atoms in total. The molecule has 0 aliphatic heterocycles. The number of ether oxygens (including phenoxy) is 2. The highest BCUT2D eigenvalue weighted by molar-refractivity contribution is 7.91. The number of aryl methyl sites for hydroxylation is 2. The molecule has 3 aromatic rings. The van der Waals surface area contributed by atoms with E-state index in [0.29, 0.717) is 28.2 Å². The Kier molecular flexibility index (Phi) is 11.2. The Labute approximate surface area is 273 Å². The lowest BCUT2D eigenvalue weighted by Gasteiger charge is -2.22. The molecule has 3 rings (SSSR count). The van der Waals surface area contributed by atoms with Crippen LogP contribution in [-0.2, 0) is 43.1 Å². The maximum Gasteiger partial charge on any atom is 0.437 e. The molecule has 2 aromatic heterocycles. The molecule has 2 heterocycles. The van der Waals surface area contributed by atoms with E-state index in [-0.39, 0.29) is 23.6 Å². The number of benzene rings is 1. The number of sulfonamides is 1. The first-order valence-corrected chi connectivity index (χ1v) is 16.4. The number of amides is 2. The van der Waals surface area contributed by atoms with Crippen LogP contribution in [0, 0.1) is 20.8 Å². The van der Waals surface area contributed by atoms with Gasteiger partial charge < -0.3 is 19.4 Å². The molecule has 0 bridgehead atoms. The Bertz CT molecular complexity index is 1900. The molecule has 0 unspecified atom stereocenters. The van der Waals surface area contributed by atoms with Crippen LogP contribution in [0.4, 0.5) is 15.3 Å². The summed E-state index contributed by atoms with van der Waals surface area (Å²) < 4.78 is 40.8. The van der Waals surface area contributed by atoms with Gasteiger partial charge in [-0.3, -0.25) is 14.3 Å². The van der Waals surface area contributed by atoms with Crippen LogP contribution in [0.3, 0.4) is 0 Å². The summed E-state index contributed by atoms with van der Waals surface area (Å²) in [6, 6.07) is 11.4. The highest BCUT2D eigenvalue weighted by Crippen LogP contribution is 2.15. The smallest absolute Gasteiger partial charge is 0.437 e. The van der Waals surface area contributed by atoms with Gasteiger partial charge in [-0.2, -0.15) is 0 Å². The number of nitrogens with one attached hydrogen (secondary N) is 2. The van der Waals surface area contributed by atoms with Crippen LogP contribution in [0.1, 0.15) is 69.8 Å². The molecular weight excluding hydrogens is 628 g/mol. The lowest BCUT2D eigenvalue weighted by molar-refractivity contribution is -0.121. The molecule has 47 heavy (non-hydrogen) atoms. The summed E-state index contributed by atoms with van der Waals surface area (Å²) in [7, 11) is -3.91. The minimum absolute atomic E-state index is 0.101. The largest absolute Gasteiger partial charge is 0.443 e. The standard InChI is InChI=1S/C32H42N6O8S/c1-20-15-16-25(36-47(43,44)19-23-13-11-10-12-14-23)27(40)37(20)18-26(39)33-17-24-21(2)34-28(35-29(41)45-31(4,5)6)38(22(24)3)30(42)46-32(7,8)9/h10-16,36H,17-19H2,1-9H3,(H,33,39)/b35-28+. The van der Waals surface area contributed by atoms with E-state index in [4.69, 9.17) is 9.47 Å². The first kappa shape index (κ1) is 36.7. The zero-order valence-corrected chi connectivity index (χ0v) is 28.9. The Balaban J connectivity index is 1.88. The zero-order chi connectivity index (χ0) is 35.3. The lowest BCUT2D eigenvalue weighted by Crippen LogP contribution is -2.40. The summed E-state index contributed by atoms with van der Waals surface area (Å²) in [6.07, 6.45) is -1.79. The topological polar surface area (TPSA) is 180 Å². The molecule has 1 aromatic carbocycles. The second kappa shape index (κ2) is 14.3. The van der Waals surface area contributed by atoms with E-state index in [1.807, 2.05) is 0 Å². The molecule has 0 fully saturated rings. The Morgan fingerprint density at radius 3 is 2.13 bits per heavy atom. The van der Waals surface area contributed by atoms with Gasteiger partial charge in [0.05, 0.1) is 5.75 Å². The normalized spacial score (nSPS) is 12.4. The van der Waals surface area contributed by atoms with E-state index < -0.39 is 51.4 Å². The molecule has 0 spiro atoms. The van der Waals surface area contributed by atoms with Crippen molar-refractivity contribution in [2.45, 2.75) is 92.4 Å². The monoisotopic (exact) mass is 670 g/mol. The van der Waals surface area contributed by atoms with Gasteiger partial charge in [0.25, 0.3) is 5.56 Å². The molecule has 0 aliphatic rings. The van der Waals surface area contributed by atoms with E-state index in [9.17, 15) is 27.6 Å². The number of carbonyl (C=O) groups excluding carboxylic acids is 3. The van der Waals surface area contributed by atoms with Gasteiger partial charge >= 0.3 is 12.2 Å². The van der Waals surface area contributed by atoms with Crippen molar-refractivity contribution in [3.05, 3.63) is 86.6 Å². The molecule has 0 saturated carbocycles. The van der Waals surface area contributed by atoms with E-state index in [1.165, 1.54) is 12.1 Å². The number of carbonyl (C=O) groups is 3. The summed E-state index contributed by atoms with van der Waals surface area (Å²) in [4.78, 5) is 60.3. The van der Waals surface area contributed by atoms with Crippen molar-refractivity contribution in [1.29, 1.82) is 0 Å². The first-order valence-electron chi connectivity index (χ1n) is 14.8. The molecule has 254 valence electrons. The molecule has 2 amide bonds. The fraction of sp³-hybridized carbons (Fsp3) is 0.438. The highest BCUT2D eigenvalue weighted by Gasteiger charge is 2.24. The second-order valence-electron chi connectivity index (χ2n) is 12.9. The third-order valence-corrected chi connectivity index (χ3v) is 7.70. The number of hydrogen-bond acceptors (Lipinski definition) is 9. The number of aromatic nitrogens is 3. The maximum atomic E-state index is 13.2. The van der Waals surface area contributed by atoms with E-state index in [0.717, 1.165) is 9.13 Å². The average Bonchev–Trinajstić information content (AvgIpc) is 2.90. The molecule has 0 aliphatic carbocycles. The number of rotatable bonds is 8. The second-order valence-corrected chi connectivity index (χ2v) is 14.6. The minimum atomic E-state index is -3.91. The van der Waals surface area contributed by atoms with Gasteiger partial charge in [0.15, 0.2) is 0 Å². The Morgan fingerprint density at radius 1 is 0.915 bits per heavy atom. The SMILES string of the molecule is Cc1n/c(=N\C(=O)OC(C)(C)C)n(C(=O)OC(C)(C)C)c(C)c1CNC(=O)Cn1c(C)ccc(NS(=O)(=O)Cc2ccccc2)c1=O. The van der Waals surface area contributed by atoms with Gasteiger partial charge in [0.2, 0.25) is 21.5 Å². The van der Waals surface area contributed by atoms with Crippen molar-refractivity contribution in [3.63, 3.8) is 0 Å². The van der Waals surface area contributed by atoms with Crippen molar-refractivity contribution >= 4 is 33.8 Å². The van der Waals surface area contributed by atoms with Crippen molar-refractivity contribution in [3.8, 4) is 0 Å². The van der Waals surface area contributed by atoms with Gasteiger partial charge in [-0.15, -0.1) is 4.99 Å². The van der Waals surface area contributed by atoms with Crippen molar-refractivity contribution in [2.75, 3.05) is 4.72 Å². The Morgan fingerprint density at radius 2 is 1.53 bits per heavy atom. The summed E-state index contributed by atoms with van der Waals surface area (Å²) in [5.74, 6) is -0.897. The van der Waals surface area contributed by atoms with E-state index >= 15 is 0 Å². The van der Waals surface area contributed by atoms with Crippen LogP contribution in [0.25, 0.3) is 0 Å². The van der Waals surface area contributed by atoms with Crippen LogP contribution in [0.15, 0.2) is 52.3 Å².